The fraction of sp³-hybridized carbons (Fsp3) is 0.364. The number of carbonyl (C=O) groups is 1. The summed E-state index contributed by atoms with van der Waals surface area (Å²) in [5.41, 5.74) is 4.46. The Hall–Kier alpha value is -2.53. The van der Waals surface area contributed by atoms with Gasteiger partial charge in [-0.2, -0.15) is 4.31 Å². The minimum absolute atomic E-state index is 0.176. The maximum Gasteiger partial charge on any atom is 0.255 e. The molecular weight excluding hydrogens is 448 g/mol. The van der Waals surface area contributed by atoms with E-state index < -0.39 is 10.0 Å². The van der Waals surface area contributed by atoms with Crippen LogP contribution in [0, 0.1) is 0 Å². The lowest BCUT2D eigenvalue weighted by Crippen LogP contribution is -2.40. The zero-order valence-corrected chi connectivity index (χ0v) is 19.1. The first kappa shape index (κ1) is 21.3. The molecule has 0 spiro atoms. The maximum atomic E-state index is 13.2. The topological polar surface area (TPSA) is 91.8 Å². The molecule has 1 aromatic heterocycles. The summed E-state index contributed by atoms with van der Waals surface area (Å²) in [5, 5.41) is 2.97. The number of anilines is 2. The van der Waals surface area contributed by atoms with Crippen LogP contribution in [0.3, 0.4) is 0 Å². The minimum Gasteiger partial charge on any atom is -0.379 e. The lowest BCUT2D eigenvalue weighted by Gasteiger charge is -2.27. The van der Waals surface area contributed by atoms with Crippen LogP contribution < -0.4 is 10.2 Å². The molecule has 2 saturated heterocycles. The predicted molar refractivity (Wildman–Crippen MR) is 125 cm³/mol. The first-order valence-electron chi connectivity index (χ1n) is 10.6. The van der Waals surface area contributed by atoms with Crippen molar-refractivity contribution < 1.29 is 17.9 Å². The number of carbonyl (C=O) groups excluding carboxylic acids is 1. The molecule has 0 saturated carbocycles. The quantitative estimate of drug-likeness (QED) is 0.613. The van der Waals surface area contributed by atoms with Gasteiger partial charge in [0.25, 0.3) is 5.91 Å². The van der Waals surface area contributed by atoms with Gasteiger partial charge in [0.05, 0.1) is 45.2 Å². The van der Waals surface area contributed by atoms with Gasteiger partial charge in [-0.3, -0.25) is 4.79 Å². The van der Waals surface area contributed by atoms with E-state index in [0.717, 1.165) is 41.8 Å². The molecule has 0 radical (unpaired) electrons. The molecule has 1 N–H and O–H groups in total. The molecule has 0 aliphatic carbocycles. The average molecular weight is 473 g/mol. The summed E-state index contributed by atoms with van der Waals surface area (Å²) < 4.78 is 34.0. The highest BCUT2D eigenvalue weighted by molar-refractivity contribution is 7.89. The number of sulfonamides is 1. The molecule has 8 nitrogen and oxygen atoms in total. The van der Waals surface area contributed by atoms with Gasteiger partial charge in [-0.25, -0.2) is 13.4 Å². The molecular formula is C22H24N4O4S2. The lowest BCUT2D eigenvalue weighted by molar-refractivity contribution is 0.0730. The highest BCUT2D eigenvalue weighted by atomic mass is 32.2. The molecule has 3 heterocycles. The number of benzene rings is 2. The van der Waals surface area contributed by atoms with E-state index in [9.17, 15) is 13.2 Å². The zero-order valence-electron chi connectivity index (χ0n) is 17.5. The fourth-order valence-corrected chi connectivity index (χ4v) is 6.29. The first-order valence-corrected chi connectivity index (χ1v) is 13.0. The number of thiazole rings is 1. The van der Waals surface area contributed by atoms with Crippen LogP contribution in [-0.4, -0.2) is 63.0 Å². The zero-order chi connectivity index (χ0) is 22.1. The summed E-state index contributed by atoms with van der Waals surface area (Å²) in [7, 11) is -3.67. The molecule has 0 unspecified atom stereocenters. The summed E-state index contributed by atoms with van der Waals surface area (Å²) in [6.07, 6.45) is 2.15. The predicted octanol–water partition coefficient (Wildman–Crippen LogP) is 3.17. The van der Waals surface area contributed by atoms with Gasteiger partial charge in [-0.1, -0.05) is 0 Å². The molecule has 2 aliphatic heterocycles. The molecule has 0 bridgehead atoms. The Balaban J connectivity index is 1.49. The minimum atomic E-state index is -3.67. The van der Waals surface area contributed by atoms with E-state index in [-0.39, 0.29) is 10.8 Å². The number of nitrogens with one attached hydrogen (secondary N) is 1. The van der Waals surface area contributed by atoms with E-state index in [2.05, 4.69) is 15.2 Å². The van der Waals surface area contributed by atoms with E-state index in [1.807, 2.05) is 12.1 Å². The van der Waals surface area contributed by atoms with E-state index in [4.69, 9.17) is 4.74 Å². The van der Waals surface area contributed by atoms with Gasteiger partial charge in [-0.05, 0) is 49.2 Å². The number of hydrogen-bond donors (Lipinski definition) is 1. The molecule has 1 amide bonds. The molecule has 2 fully saturated rings. The molecule has 2 aliphatic rings. The molecule has 32 heavy (non-hydrogen) atoms. The monoisotopic (exact) mass is 472 g/mol. The largest absolute Gasteiger partial charge is 0.379 e. The van der Waals surface area contributed by atoms with Crippen LogP contribution >= 0.6 is 11.3 Å². The van der Waals surface area contributed by atoms with Crippen LogP contribution in [0.25, 0.3) is 10.2 Å². The third-order valence-corrected chi connectivity index (χ3v) is 8.55. The average Bonchev–Trinajstić information content (AvgIpc) is 3.51. The van der Waals surface area contributed by atoms with Crippen LogP contribution in [0.5, 0.6) is 0 Å². The van der Waals surface area contributed by atoms with Crippen LogP contribution in [0.15, 0.2) is 46.8 Å². The van der Waals surface area contributed by atoms with Crippen molar-refractivity contribution in [1.29, 1.82) is 0 Å². The second-order valence-corrected chi connectivity index (χ2v) is 10.7. The maximum absolute atomic E-state index is 13.2. The highest BCUT2D eigenvalue weighted by Crippen LogP contribution is 2.33. The van der Waals surface area contributed by atoms with Crippen molar-refractivity contribution in [2.24, 2.45) is 0 Å². The van der Waals surface area contributed by atoms with Crippen molar-refractivity contribution in [3.8, 4) is 0 Å². The Morgan fingerprint density at radius 3 is 2.59 bits per heavy atom. The molecule has 10 heteroatoms. The fourth-order valence-electron chi connectivity index (χ4n) is 4.14. The number of fused-ring (bicyclic) bond motifs is 1. The van der Waals surface area contributed by atoms with Gasteiger partial charge in [0.1, 0.15) is 0 Å². The molecule has 0 atom stereocenters. The van der Waals surface area contributed by atoms with Gasteiger partial charge in [-0.15, -0.1) is 11.3 Å². The van der Waals surface area contributed by atoms with Gasteiger partial charge < -0.3 is 15.0 Å². The summed E-state index contributed by atoms with van der Waals surface area (Å²) in [5.74, 6) is -0.276. The molecule has 5 rings (SSSR count). The second-order valence-electron chi connectivity index (χ2n) is 7.88. The van der Waals surface area contributed by atoms with Crippen molar-refractivity contribution in [2.45, 2.75) is 17.7 Å². The number of amides is 1. The highest BCUT2D eigenvalue weighted by Gasteiger charge is 2.28. The SMILES string of the molecule is O=C(Nc1cc(S(=O)(=O)N2CCOCC2)ccc1N1CCCC1)c1ccc2ncsc2c1. The van der Waals surface area contributed by atoms with Crippen LogP contribution in [0.4, 0.5) is 11.4 Å². The number of nitrogens with zero attached hydrogens (tertiary/aromatic N) is 3. The first-order chi connectivity index (χ1) is 15.5. The molecule has 2 aromatic carbocycles. The Bertz CT molecular complexity index is 1250. The number of hydrogen-bond acceptors (Lipinski definition) is 7. The number of ether oxygens (including phenoxy) is 1. The van der Waals surface area contributed by atoms with Crippen LogP contribution in [-0.2, 0) is 14.8 Å². The van der Waals surface area contributed by atoms with E-state index >= 15 is 0 Å². The van der Waals surface area contributed by atoms with Gasteiger partial charge in [0.2, 0.25) is 10.0 Å². The summed E-state index contributed by atoms with van der Waals surface area (Å²) >= 11 is 1.48. The third kappa shape index (κ3) is 4.11. The van der Waals surface area contributed by atoms with Crippen molar-refractivity contribution >= 4 is 48.9 Å². The Morgan fingerprint density at radius 1 is 1.03 bits per heavy atom. The smallest absolute Gasteiger partial charge is 0.255 e. The summed E-state index contributed by atoms with van der Waals surface area (Å²) in [6.45, 7) is 3.18. The van der Waals surface area contributed by atoms with Gasteiger partial charge in [0, 0.05) is 31.7 Å². The standard InChI is InChI=1S/C22H24N4O4S2/c27-22(16-3-5-18-21(13-16)31-15-23-18)24-19-14-17(4-6-20(19)25-7-1-2-8-25)32(28,29)26-9-11-30-12-10-26/h3-6,13-15H,1-2,7-12H2,(H,24,27). The number of aromatic nitrogens is 1. The normalized spacial score (nSPS) is 17.7. The van der Waals surface area contributed by atoms with Gasteiger partial charge >= 0.3 is 0 Å². The van der Waals surface area contributed by atoms with E-state index in [1.165, 1.54) is 15.6 Å². The van der Waals surface area contributed by atoms with Crippen LogP contribution in [0.2, 0.25) is 0 Å². The molecule has 3 aromatic rings. The van der Waals surface area contributed by atoms with Crippen molar-refractivity contribution in [3.05, 3.63) is 47.5 Å². The van der Waals surface area contributed by atoms with E-state index in [0.29, 0.717) is 37.6 Å². The van der Waals surface area contributed by atoms with E-state index in [1.54, 1.807) is 29.8 Å². The number of morpholine rings is 1. The van der Waals surface area contributed by atoms with Crippen molar-refractivity contribution in [3.63, 3.8) is 0 Å². The summed E-state index contributed by atoms with van der Waals surface area (Å²) in [6, 6.07) is 10.4. The Kier molecular flexibility index (Phi) is 5.85. The second kappa shape index (κ2) is 8.78. The molecule has 168 valence electrons. The number of rotatable bonds is 5. The van der Waals surface area contributed by atoms with Crippen molar-refractivity contribution in [1.82, 2.24) is 9.29 Å². The lowest BCUT2D eigenvalue weighted by atomic mass is 10.2. The van der Waals surface area contributed by atoms with Crippen LogP contribution in [0.1, 0.15) is 23.2 Å². The van der Waals surface area contributed by atoms with Gasteiger partial charge in [0.15, 0.2) is 0 Å². The summed E-state index contributed by atoms with van der Waals surface area (Å²) in [4.78, 5) is 19.7. The Labute approximate surface area is 190 Å². The Morgan fingerprint density at radius 2 is 1.81 bits per heavy atom. The third-order valence-electron chi connectivity index (χ3n) is 5.86. The van der Waals surface area contributed by atoms with Crippen molar-refractivity contribution in [2.75, 3.05) is 49.6 Å².